The summed E-state index contributed by atoms with van der Waals surface area (Å²) in [5.41, 5.74) is 3.97. The number of aromatic nitrogens is 1. The molecule has 1 saturated heterocycles. The molecule has 0 amide bonds. The standard InChI is InChI=1S/C22H25N3/c1-17-2-4-18(5-3-17)16-25-12-9-21(10-13-25)24-22-7-6-20-15-23-11-8-19(20)14-22/h2-8,11,14-15,21,24H,9-10,12-13,16H2,1H3. The number of likely N-dealkylation sites (tertiary alicyclic amines) is 1. The van der Waals surface area contributed by atoms with Crippen LogP contribution in [0.2, 0.25) is 0 Å². The Morgan fingerprint density at radius 1 is 1.00 bits per heavy atom. The van der Waals surface area contributed by atoms with Gasteiger partial charge in [0.25, 0.3) is 0 Å². The van der Waals surface area contributed by atoms with Crippen LogP contribution in [0.3, 0.4) is 0 Å². The number of piperidine rings is 1. The Bertz CT molecular complexity index is 833. The van der Waals surface area contributed by atoms with Crippen LogP contribution in [-0.4, -0.2) is 29.0 Å². The maximum atomic E-state index is 4.18. The number of nitrogens with one attached hydrogen (secondary N) is 1. The third kappa shape index (κ3) is 3.99. The van der Waals surface area contributed by atoms with Gasteiger partial charge in [-0.05, 0) is 48.9 Å². The molecule has 0 radical (unpaired) electrons. The smallest absolute Gasteiger partial charge is 0.0348 e. The van der Waals surface area contributed by atoms with E-state index in [1.165, 1.54) is 40.4 Å². The Labute approximate surface area is 149 Å². The van der Waals surface area contributed by atoms with Gasteiger partial charge < -0.3 is 5.32 Å². The van der Waals surface area contributed by atoms with E-state index in [1.54, 1.807) is 0 Å². The SMILES string of the molecule is Cc1ccc(CN2CCC(Nc3ccc4cnccc4c3)CC2)cc1. The van der Waals surface area contributed by atoms with Crippen LogP contribution in [0.4, 0.5) is 5.69 Å². The van der Waals surface area contributed by atoms with Crippen LogP contribution in [0.25, 0.3) is 10.8 Å². The number of nitrogens with zero attached hydrogens (tertiary/aromatic N) is 2. The molecule has 2 aromatic carbocycles. The van der Waals surface area contributed by atoms with Gasteiger partial charge in [0.05, 0.1) is 0 Å². The van der Waals surface area contributed by atoms with E-state index >= 15 is 0 Å². The summed E-state index contributed by atoms with van der Waals surface area (Å²) in [6, 6.07) is 18.1. The van der Waals surface area contributed by atoms with E-state index in [9.17, 15) is 0 Å². The molecule has 3 nitrogen and oxygen atoms in total. The van der Waals surface area contributed by atoms with Gasteiger partial charge in [-0.2, -0.15) is 0 Å². The molecule has 1 aromatic heterocycles. The molecule has 1 aliphatic heterocycles. The molecule has 0 aliphatic carbocycles. The number of fused-ring (bicyclic) bond motifs is 1. The van der Waals surface area contributed by atoms with Gasteiger partial charge in [0.2, 0.25) is 0 Å². The Balaban J connectivity index is 1.32. The maximum absolute atomic E-state index is 4.18. The monoisotopic (exact) mass is 331 g/mol. The fourth-order valence-electron chi connectivity index (χ4n) is 3.60. The molecule has 128 valence electrons. The summed E-state index contributed by atoms with van der Waals surface area (Å²) in [5.74, 6) is 0. The zero-order chi connectivity index (χ0) is 17.1. The number of rotatable bonds is 4. The van der Waals surface area contributed by atoms with Crippen LogP contribution < -0.4 is 5.32 Å². The molecular weight excluding hydrogens is 306 g/mol. The van der Waals surface area contributed by atoms with E-state index in [4.69, 9.17) is 0 Å². The van der Waals surface area contributed by atoms with Crippen LogP contribution in [0.15, 0.2) is 60.9 Å². The zero-order valence-corrected chi connectivity index (χ0v) is 14.8. The van der Waals surface area contributed by atoms with E-state index in [1.807, 2.05) is 12.4 Å². The normalized spacial score (nSPS) is 16.2. The minimum Gasteiger partial charge on any atom is -0.382 e. The van der Waals surface area contributed by atoms with Crippen LogP contribution in [-0.2, 0) is 6.54 Å². The molecule has 1 N–H and O–H groups in total. The third-order valence-electron chi connectivity index (χ3n) is 5.13. The lowest BCUT2D eigenvalue weighted by Gasteiger charge is -2.33. The summed E-state index contributed by atoms with van der Waals surface area (Å²) in [4.78, 5) is 6.74. The van der Waals surface area contributed by atoms with Crippen molar-refractivity contribution in [3.8, 4) is 0 Å². The molecule has 4 rings (SSSR count). The summed E-state index contributed by atoms with van der Waals surface area (Å²) in [7, 11) is 0. The molecule has 1 fully saturated rings. The van der Waals surface area contributed by atoms with Gasteiger partial charge in [0, 0.05) is 49.1 Å². The highest BCUT2D eigenvalue weighted by atomic mass is 15.1. The number of aryl methyl sites for hydroxylation is 1. The lowest BCUT2D eigenvalue weighted by atomic mass is 10.0. The van der Waals surface area contributed by atoms with Crippen molar-refractivity contribution in [3.05, 3.63) is 72.1 Å². The van der Waals surface area contributed by atoms with E-state index in [0.717, 1.165) is 19.6 Å². The molecule has 3 heteroatoms. The molecule has 0 spiro atoms. The number of hydrogen-bond acceptors (Lipinski definition) is 3. The number of hydrogen-bond donors (Lipinski definition) is 1. The summed E-state index contributed by atoms with van der Waals surface area (Å²) in [5, 5.41) is 6.16. The number of anilines is 1. The predicted octanol–water partition coefficient (Wildman–Crippen LogP) is 4.62. The van der Waals surface area contributed by atoms with Crippen molar-refractivity contribution in [2.24, 2.45) is 0 Å². The molecule has 25 heavy (non-hydrogen) atoms. The second-order valence-electron chi connectivity index (χ2n) is 7.12. The molecule has 0 bridgehead atoms. The van der Waals surface area contributed by atoms with E-state index < -0.39 is 0 Å². The fourth-order valence-corrected chi connectivity index (χ4v) is 3.60. The largest absolute Gasteiger partial charge is 0.382 e. The molecule has 0 unspecified atom stereocenters. The Hall–Kier alpha value is -2.39. The first-order valence-corrected chi connectivity index (χ1v) is 9.14. The molecule has 3 aromatic rings. The van der Waals surface area contributed by atoms with Crippen molar-refractivity contribution >= 4 is 16.5 Å². The lowest BCUT2D eigenvalue weighted by molar-refractivity contribution is 0.211. The second-order valence-corrected chi connectivity index (χ2v) is 7.12. The lowest BCUT2D eigenvalue weighted by Crippen LogP contribution is -2.38. The quantitative estimate of drug-likeness (QED) is 0.756. The van der Waals surface area contributed by atoms with Crippen LogP contribution in [0, 0.1) is 6.92 Å². The molecular formula is C22H25N3. The van der Waals surface area contributed by atoms with E-state index in [0.29, 0.717) is 6.04 Å². The second kappa shape index (κ2) is 7.24. The Morgan fingerprint density at radius 3 is 2.60 bits per heavy atom. The highest BCUT2D eigenvalue weighted by Gasteiger charge is 2.19. The van der Waals surface area contributed by atoms with Crippen molar-refractivity contribution in [2.75, 3.05) is 18.4 Å². The Morgan fingerprint density at radius 2 is 1.80 bits per heavy atom. The molecule has 1 aliphatic rings. The van der Waals surface area contributed by atoms with E-state index in [2.05, 4.69) is 70.7 Å². The van der Waals surface area contributed by atoms with E-state index in [-0.39, 0.29) is 0 Å². The van der Waals surface area contributed by atoms with Crippen molar-refractivity contribution < 1.29 is 0 Å². The fraction of sp³-hybridized carbons (Fsp3) is 0.318. The first-order valence-electron chi connectivity index (χ1n) is 9.14. The van der Waals surface area contributed by atoms with Crippen LogP contribution in [0.1, 0.15) is 24.0 Å². The Kier molecular flexibility index (Phi) is 4.66. The maximum Gasteiger partial charge on any atom is 0.0348 e. The first kappa shape index (κ1) is 16.1. The minimum atomic E-state index is 0.563. The van der Waals surface area contributed by atoms with Crippen molar-refractivity contribution in [1.82, 2.24) is 9.88 Å². The van der Waals surface area contributed by atoms with Crippen molar-refractivity contribution in [2.45, 2.75) is 32.4 Å². The average molecular weight is 331 g/mol. The summed E-state index contributed by atoms with van der Waals surface area (Å²) in [6.07, 6.45) is 6.17. The highest BCUT2D eigenvalue weighted by Crippen LogP contribution is 2.22. The third-order valence-corrected chi connectivity index (χ3v) is 5.13. The first-order chi connectivity index (χ1) is 12.3. The summed E-state index contributed by atoms with van der Waals surface area (Å²) < 4.78 is 0. The van der Waals surface area contributed by atoms with Gasteiger partial charge in [-0.25, -0.2) is 0 Å². The van der Waals surface area contributed by atoms with Gasteiger partial charge in [0.15, 0.2) is 0 Å². The van der Waals surface area contributed by atoms with Crippen LogP contribution in [0.5, 0.6) is 0 Å². The number of pyridine rings is 1. The van der Waals surface area contributed by atoms with Gasteiger partial charge in [-0.3, -0.25) is 9.88 Å². The molecule has 0 saturated carbocycles. The predicted molar refractivity (Wildman–Crippen MR) is 105 cm³/mol. The number of benzene rings is 2. The van der Waals surface area contributed by atoms with Crippen molar-refractivity contribution in [3.63, 3.8) is 0 Å². The van der Waals surface area contributed by atoms with Crippen molar-refractivity contribution in [1.29, 1.82) is 0 Å². The summed E-state index contributed by atoms with van der Waals surface area (Å²) >= 11 is 0. The van der Waals surface area contributed by atoms with Gasteiger partial charge in [-0.1, -0.05) is 35.9 Å². The summed E-state index contributed by atoms with van der Waals surface area (Å²) in [6.45, 7) is 5.52. The average Bonchev–Trinajstić information content (AvgIpc) is 2.65. The minimum absolute atomic E-state index is 0.563. The topological polar surface area (TPSA) is 28.2 Å². The van der Waals surface area contributed by atoms with Crippen LogP contribution >= 0.6 is 0 Å². The van der Waals surface area contributed by atoms with Gasteiger partial charge in [-0.15, -0.1) is 0 Å². The molecule has 0 atom stereocenters. The van der Waals surface area contributed by atoms with Gasteiger partial charge >= 0.3 is 0 Å². The molecule has 2 heterocycles. The highest BCUT2D eigenvalue weighted by molar-refractivity contribution is 5.84. The van der Waals surface area contributed by atoms with Gasteiger partial charge in [0.1, 0.15) is 0 Å². The zero-order valence-electron chi connectivity index (χ0n) is 14.8.